The first-order valence-electron chi connectivity index (χ1n) is 13.2. The predicted octanol–water partition coefficient (Wildman–Crippen LogP) is 4.78. The Kier molecular flexibility index (Phi) is 9.81. The molecule has 0 aliphatic carbocycles. The van der Waals surface area contributed by atoms with Crippen molar-refractivity contribution in [1.29, 1.82) is 0 Å². The molecule has 10 nitrogen and oxygen atoms in total. The van der Waals surface area contributed by atoms with E-state index in [1.807, 2.05) is 24.8 Å². The van der Waals surface area contributed by atoms with Crippen LogP contribution >= 0.6 is 0 Å². The third kappa shape index (κ3) is 8.66. The molecule has 3 rings (SSSR count). The van der Waals surface area contributed by atoms with Gasteiger partial charge < -0.3 is 26.0 Å². The Bertz CT molecular complexity index is 1270. The first-order valence-corrected chi connectivity index (χ1v) is 13.2. The monoisotopic (exact) mass is 534 g/mol. The zero-order chi connectivity index (χ0) is 28.6. The number of nitrogens with two attached hydrogens (primary N) is 1. The molecule has 1 aromatic carbocycles. The number of rotatable bonds is 9. The van der Waals surface area contributed by atoms with Crippen molar-refractivity contribution >= 4 is 41.2 Å². The third-order valence-corrected chi connectivity index (χ3v) is 5.70. The summed E-state index contributed by atoms with van der Waals surface area (Å²) in [5, 5.41) is 5.50. The molecule has 0 unspecified atom stereocenters. The molecule has 0 spiro atoms. The van der Waals surface area contributed by atoms with Crippen LogP contribution < -0.4 is 16.4 Å². The molecule has 2 aromatic rings. The number of alkyl carbamates (subject to hydrolysis) is 1. The zero-order valence-electron chi connectivity index (χ0n) is 23.3. The van der Waals surface area contributed by atoms with E-state index in [4.69, 9.17) is 10.5 Å². The van der Waals surface area contributed by atoms with Gasteiger partial charge in [0.1, 0.15) is 11.4 Å². The fraction of sp³-hybridized carbons (Fsp3) is 0.414. The van der Waals surface area contributed by atoms with Gasteiger partial charge in [-0.1, -0.05) is 19.9 Å². The Morgan fingerprint density at radius 1 is 1.08 bits per heavy atom. The van der Waals surface area contributed by atoms with E-state index in [2.05, 4.69) is 20.6 Å². The van der Waals surface area contributed by atoms with Gasteiger partial charge in [0.15, 0.2) is 0 Å². The molecule has 0 atom stereocenters. The lowest BCUT2D eigenvalue weighted by Gasteiger charge is -2.22. The number of hydrogen-bond donors (Lipinski definition) is 3. The highest BCUT2D eigenvalue weighted by molar-refractivity contribution is 6.07. The van der Waals surface area contributed by atoms with Crippen LogP contribution in [0.2, 0.25) is 0 Å². The van der Waals surface area contributed by atoms with Crippen molar-refractivity contribution in [3.8, 4) is 0 Å². The second kappa shape index (κ2) is 13.0. The highest BCUT2D eigenvalue weighted by Crippen LogP contribution is 2.29. The van der Waals surface area contributed by atoms with E-state index >= 15 is 0 Å². The lowest BCUT2D eigenvalue weighted by molar-refractivity contribution is -0.127. The van der Waals surface area contributed by atoms with E-state index in [0.29, 0.717) is 47.0 Å². The van der Waals surface area contributed by atoms with Crippen molar-refractivity contribution in [2.45, 2.75) is 66.0 Å². The Labute approximate surface area is 229 Å². The number of amidine groups is 1. The molecular formula is C29H38N6O4. The summed E-state index contributed by atoms with van der Waals surface area (Å²) in [6.07, 6.45) is 6.38. The SMILES string of the molecule is CCCN(CCC)C(=O)C1=Cc2ccc(C(=O)Nc3cncc(CNC(=O)OC(C)(C)C)c3)cc2N=C(N)C1. The minimum absolute atomic E-state index is 0.0416. The minimum Gasteiger partial charge on any atom is -0.444 e. The van der Waals surface area contributed by atoms with Crippen LogP contribution in [0.1, 0.15) is 75.4 Å². The third-order valence-electron chi connectivity index (χ3n) is 5.70. The number of amides is 3. The number of aromatic nitrogens is 1. The van der Waals surface area contributed by atoms with Crippen LogP contribution in [0.25, 0.3) is 6.08 Å². The topological polar surface area (TPSA) is 139 Å². The summed E-state index contributed by atoms with van der Waals surface area (Å²) in [6, 6.07) is 6.82. The predicted molar refractivity (Wildman–Crippen MR) is 153 cm³/mol. The van der Waals surface area contributed by atoms with Crippen molar-refractivity contribution in [3.05, 3.63) is 58.9 Å². The van der Waals surface area contributed by atoms with Gasteiger partial charge >= 0.3 is 6.09 Å². The second-order valence-corrected chi connectivity index (χ2v) is 10.4. The first kappa shape index (κ1) is 29.3. The van der Waals surface area contributed by atoms with Crippen LogP contribution in [0, 0.1) is 0 Å². The highest BCUT2D eigenvalue weighted by atomic mass is 16.6. The van der Waals surface area contributed by atoms with Gasteiger partial charge in [-0.15, -0.1) is 0 Å². The smallest absolute Gasteiger partial charge is 0.407 e. The van der Waals surface area contributed by atoms with Gasteiger partial charge in [-0.05, 0) is 63.5 Å². The van der Waals surface area contributed by atoms with Crippen LogP contribution in [0.3, 0.4) is 0 Å². The number of hydrogen-bond acceptors (Lipinski definition) is 7. The largest absolute Gasteiger partial charge is 0.444 e. The number of nitrogens with zero attached hydrogens (tertiary/aromatic N) is 3. The van der Waals surface area contributed by atoms with Crippen LogP contribution in [-0.2, 0) is 16.1 Å². The number of carbonyl (C=O) groups excluding carboxylic acids is 3. The van der Waals surface area contributed by atoms with Crippen molar-refractivity contribution in [2.24, 2.45) is 10.7 Å². The molecule has 1 aromatic heterocycles. The maximum Gasteiger partial charge on any atom is 0.407 e. The fourth-order valence-corrected chi connectivity index (χ4v) is 4.07. The maximum absolute atomic E-state index is 13.2. The molecular weight excluding hydrogens is 496 g/mol. The van der Waals surface area contributed by atoms with Gasteiger partial charge in [-0.3, -0.25) is 14.6 Å². The Morgan fingerprint density at radius 2 is 1.79 bits per heavy atom. The number of ether oxygens (including phenoxy) is 1. The molecule has 4 N–H and O–H groups in total. The summed E-state index contributed by atoms with van der Waals surface area (Å²) in [7, 11) is 0. The summed E-state index contributed by atoms with van der Waals surface area (Å²) in [5.41, 5.74) is 8.94. The molecule has 0 radical (unpaired) electrons. The van der Waals surface area contributed by atoms with Crippen molar-refractivity contribution in [1.82, 2.24) is 15.2 Å². The van der Waals surface area contributed by atoms with Gasteiger partial charge in [0.25, 0.3) is 5.91 Å². The molecule has 0 bridgehead atoms. The quantitative estimate of drug-likeness (QED) is 0.423. The number of aliphatic imine (C=N–C) groups is 1. The van der Waals surface area contributed by atoms with Crippen LogP contribution in [0.4, 0.5) is 16.2 Å². The number of carbonyl (C=O) groups is 3. The number of fused-ring (bicyclic) bond motifs is 1. The van der Waals surface area contributed by atoms with Gasteiger partial charge in [-0.25, -0.2) is 9.79 Å². The average Bonchev–Trinajstić information content (AvgIpc) is 3.03. The molecule has 1 aliphatic heterocycles. The number of pyridine rings is 1. The minimum atomic E-state index is -0.599. The van der Waals surface area contributed by atoms with Gasteiger partial charge in [0.05, 0.1) is 17.6 Å². The summed E-state index contributed by atoms with van der Waals surface area (Å²) in [5.74, 6) is -0.0829. The van der Waals surface area contributed by atoms with Gasteiger partial charge in [-0.2, -0.15) is 0 Å². The lowest BCUT2D eigenvalue weighted by Crippen LogP contribution is -2.34. The van der Waals surface area contributed by atoms with Gasteiger partial charge in [0.2, 0.25) is 5.91 Å². The summed E-state index contributed by atoms with van der Waals surface area (Å²) in [4.78, 5) is 48.6. The van der Waals surface area contributed by atoms with Crippen molar-refractivity contribution in [3.63, 3.8) is 0 Å². The summed E-state index contributed by atoms with van der Waals surface area (Å²) >= 11 is 0. The maximum atomic E-state index is 13.2. The zero-order valence-corrected chi connectivity index (χ0v) is 23.3. The molecule has 0 saturated heterocycles. The molecule has 3 amide bonds. The van der Waals surface area contributed by atoms with Crippen molar-refractivity contribution < 1.29 is 19.1 Å². The lowest BCUT2D eigenvalue weighted by atomic mass is 10.0. The van der Waals surface area contributed by atoms with E-state index in [9.17, 15) is 14.4 Å². The normalized spacial score (nSPS) is 12.8. The molecule has 39 heavy (non-hydrogen) atoms. The Balaban J connectivity index is 1.74. The number of nitrogens with one attached hydrogen (secondary N) is 2. The van der Waals surface area contributed by atoms with Crippen LogP contribution in [0.15, 0.2) is 47.2 Å². The standard InChI is InChI=1S/C29H38N6O4/c1-6-10-35(11-7-2)27(37)22-13-20-8-9-21(14-24(20)34-25(30)15-22)26(36)33-23-12-19(16-31-18-23)17-32-28(38)39-29(3,4)5/h8-9,12-14,16,18H,6-7,10-11,15,17H2,1-5H3,(H2,30,34)(H,32,38)(H,33,36). The van der Waals surface area contributed by atoms with E-state index in [0.717, 1.165) is 18.4 Å². The van der Waals surface area contributed by atoms with Crippen LogP contribution in [-0.4, -0.2) is 52.3 Å². The Hall–Kier alpha value is -4.21. The Morgan fingerprint density at radius 3 is 2.46 bits per heavy atom. The number of benzene rings is 1. The summed E-state index contributed by atoms with van der Waals surface area (Å²) in [6.45, 7) is 11.0. The first-order chi connectivity index (χ1) is 18.5. The summed E-state index contributed by atoms with van der Waals surface area (Å²) < 4.78 is 5.24. The van der Waals surface area contributed by atoms with E-state index in [-0.39, 0.29) is 24.8 Å². The average molecular weight is 535 g/mol. The van der Waals surface area contributed by atoms with Gasteiger partial charge in [0, 0.05) is 49.0 Å². The van der Waals surface area contributed by atoms with Crippen molar-refractivity contribution in [2.75, 3.05) is 18.4 Å². The second-order valence-electron chi connectivity index (χ2n) is 10.4. The van der Waals surface area contributed by atoms with E-state index in [1.165, 1.54) is 6.20 Å². The molecule has 2 heterocycles. The molecule has 0 saturated carbocycles. The molecule has 1 aliphatic rings. The van der Waals surface area contributed by atoms with E-state index in [1.54, 1.807) is 51.2 Å². The number of anilines is 1. The molecule has 10 heteroatoms. The highest BCUT2D eigenvalue weighted by Gasteiger charge is 2.21. The molecule has 208 valence electrons. The van der Waals surface area contributed by atoms with Crippen LogP contribution in [0.5, 0.6) is 0 Å². The fourth-order valence-electron chi connectivity index (χ4n) is 4.07. The van der Waals surface area contributed by atoms with E-state index < -0.39 is 11.7 Å². The molecule has 0 fully saturated rings.